The van der Waals surface area contributed by atoms with Gasteiger partial charge in [-0.15, -0.1) is 0 Å². The zero-order chi connectivity index (χ0) is 23.5. The van der Waals surface area contributed by atoms with Gasteiger partial charge < -0.3 is 4.57 Å². The van der Waals surface area contributed by atoms with Crippen LogP contribution in [-0.4, -0.2) is 19.5 Å². The molecule has 2 aromatic rings. The monoisotopic (exact) mass is 438 g/mol. The molecule has 2 N–H and O–H groups in total. The Morgan fingerprint density at radius 1 is 0.781 bits per heavy atom. The van der Waals surface area contributed by atoms with Crippen LogP contribution in [0.2, 0.25) is 0 Å². The third kappa shape index (κ3) is 6.63. The van der Waals surface area contributed by atoms with Crippen LogP contribution in [-0.2, 0) is 7.05 Å². The third-order valence-corrected chi connectivity index (χ3v) is 5.98. The van der Waals surface area contributed by atoms with Crippen LogP contribution < -0.4 is 11.2 Å². The highest BCUT2D eigenvalue weighted by Crippen LogP contribution is 2.29. The predicted molar refractivity (Wildman–Crippen MR) is 131 cm³/mol. The van der Waals surface area contributed by atoms with Crippen molar-refractivity contribution in [3.8, 4) is 23.7 Å². The minimum Gasteiger partial charge on any atom is -0.306 e. The summed E-state index contributed by atoms with van der Waals surface area (Å²) in [6, 6.07) is 0. The van der Waals surface area contributed by atoms with Crippen LogP contribution in [0.25, 0.3) is 11.2 Å². The Labute approximate surface area is 191 Å². The van der Waals surface area contributed by atoms with Crippen molar-refractivity contribution in [1.82, 2.24) is 19.5 Å². The molecule has 4 rings (SSSR count). The molecule has 32 heavy (non-hydrogen) atoms. The molecule has 2 aliphatic rings. The number of H-pyrrole nitrogens is 2. The van der Waals surface area contributed by atoms with E-state index in [0.717, 1.165) is 25.7 Å². The molecule has 0 spiro atoms. The first-order valence-corrected chi connectivity index (χ1v) is 12.3. The van der Waals surface area contributed by atoms with Crippen LogP contribution in [0.5, 0.6) is 0 Å². The van der Waals surface area contributed by atoms with E-state index in [2.05, 4.69) is 38.6 Å². The van der Waals surface area contributed by atoms with Gasteiger partial charge in [-0.1, -0.05) is 64.7 Å². The number of aromatic nitrogens is 4. The molecule has 2 aromatic heterocycles. The van der Waals surface area contributed by atoms with Crippen molar-refractivity contribution in [1.29, 1.82) is 0 Å². The van der Waals surface area contributed by atoms with Crippen LogP contribution in [0.15, 0.2) is 9.59 Å². The van der Waals surface area contributed by atoms with E-state index in [1.165, 1.54) is 32.1 Å². The summed E-state index contributed by atoms with van der Waals surface area (Å²) in [5.41, 5.74) is -0.403. The summed E-state index contributed by atoms with van der Waals surface area (Å²) in [5.74, 6) is 15.5. The Morgan fingerprint density at radius 3 is 1.91 bits per heavy atom. The second kappa shape index (κ2) is 13.0. The molecule has 0 atom stereocenters. The van der Waals surface area contributed by atoms with Gasteiger partial charge in [0.25, 0.3) is 5.56 Å². The lowest BCUT2D eigenvalue weighted by Gasteiger charge is -2.22. The quantitative estimate of drug-likeness (QED) is 0.583. The molecule has 6 heteroatoms. The summed E-state index contributed by atoms with van der Waals surface area (Å²) in [6.07, 6.45) is 10.9. The lowest BCUT2D eigenvalue weighted by atomic mass is 9.82. The summed E-state index contributed by atoms with van der Waals surface area (Å²) in [6.45, 7) is 8.00. The molecule has 0 bridgehead atoms. The van der Waals surface area contributed by atoms with Gasteiger partial charge in [-0.2, -0.15) is 0 Å². The molecule has 0 aromatic carbocycles. The number of imidazole rings is 1. The average molecular weight is 439 g/mol. The van der Waals surface area contributed by atoms with Crippen molar-refractivity contribution in [3.63, 3.8) is 0 Å². The number of nitrogens with zero attached hydrogens (tertiary/aromatic N) is 2. The van der Waals surface area contributed by atoms with Gasteiger partial charge in [-0.25, -0.2) is 9.78 Å². The van der Waals surface area contributed by atoms with Gasteiger partial charge in [-0.3, -0.25) is 14.8 Å². The Balaban J connectivity index is 0.000000860. The molecule has 0 saturated heterocycles. The van der Waals surface area contributed by atoms with Gasteiger partial charge in [-0.05, 0) is 44.4 Å². The fourth-order valence-corrected chi connectivity index (χ4v) is 4.24. The molecule has 2 saturated carbocycles. The van der Waals surface area contributed by atoms with E-state index in [-0.39, 0.29) is 5.52 Å². The number of rotatable bonds is 0. The van der Waals surface area contributed by atoms with Crippen molar-refractivity contribution in [2.75, 3.05) is 0 Å². The Hall–Kier alpha value is -2.73. The van der Waals surface area contributed by atoms with E-state index < -0.39 is 11.2 Å². The maximum Gasteiger partial charge on any atom is 0.327 e. The fourth-order valence-electron chi connectivity index (χ4n) is 4.24. The van der Waals surface area contributed by atoms with Crippen molar-refractivity contribution in [2.24, 2.45) is 24.8 Å². The van der Waals surface area contributed by atoms with E-state index in [1.54, 1.807) is 11.6 Å². The van der Waals surface area contributed by atoms with Gasteiger partial charge in [0, 0.05) is 24.8 Å². The maximum atomic E-state index is 11.9. The smallest absolute Gasteiger partial charge is 0.306 e. The predicted octanol–water partition coefficient (Wildman–Crippen LogP) is 4.74. The average Bonchev–Trinajstić information content (AvgIpc) is 3.16. The molecule has 2 fully saturated rings. The summed E-state index contributed by atoms with van der Waals surface area (Å²) in [5, 5.41) is 0. The Morgan fingerprint density at radius 2 is 1.31 bits per heavy atom. The molecule has 0 amide bonds. The molecular formula is C26H38N4O2. The number of hydrogen-bond acceptors (Lipinski definition) is 3. The molecule has 6 nitrogen and oxygen atoms in total. The van der Waals surface area contributed by atoms with Crippen molar-refractivity contribution < 1.29 is 0 Å². The standard InChI is InChI=1S/C22H26N4O2.2C2H6/c1-26-18(23-19-20(26)24-22(28)25-21(19)27)14-13-17-11-9-16(10-12-17)8-7-15-5-3-2-4-6-15;2*1-2/h15-17H,2-6,9-12H2,1H3,(H2,24,25,27,28);2*1-2H3. The number of aryl methyl sites for hydroxylation is 1. The van der Waals surface area contributed by atoms with E-state index in [0.29, 0.717) is 29.2 Å². The zero-order valence-electron chi connectivity index (χ0n) is 20.3. The highest BCUT2D eigenvalue weighted by molar-refractivity contribution is 5.70. The number of fused-ring (bicyclic) bond motifs is 1. The van der Waals surface area contributed by atoms with Gasteiger partial charge in [0.2, 0.25) is 0 Å². The van der Waals surface area contributed by atoms with E-state index in [1.807, 2.05) is 27.7 Å². The normalized spacial score (nSPS) is 20.4. The molecule has 174 valence electrons. The molecule has 0 unspecified atom stereocenters. The third-order valence-electron chi connectivity index (χ3n) is 5.98. The van der Waals surface area contributed by atoms with Crippen LogP contribution in [0.3, 0.4) is 0 Å². The Kier molecular flexibility index (Phi) is 10.3. The van der Waals surface area contributed by atoms with Crippen molar-refractivity contribution in [3.05, 3.63) is 26.7 Å². The number of hydrogen-bond donors (Lipinski definition) is 2. The number of nitrogens with one attached hydrogen (secondary N) is 2. The maximum absolute atomic E-state index is 11.9. The van der Waals surface area contributed by atoms with E-state index in [9.17, 15) is 9.59 Å². The van der Waals surface area contributed by atoms with Gasteiger partial charge in [0.1, 0.15) is 5.65 Å². The van der Waals surface area contributed by atoms with E-state index >= 15 is 0 Å². The van der Waals surface area contributed by atoms with Gasteiger partial charge >= 0.3 is 5.69 Å². The van der Waals surface area contributed by atoms with Crippen LogP contribution in [0.1, 0.15) is 91.3 Å². The first-order valence-electron chi connectivity index (χ1n) is 12.3. The second-order valence-electron chi connectivity index (χ2n) is 8.04. The first-order chi connectivity index (χ1) is 15.6. The van der Waals surface area contributed by atoms with Crippen LogP contribution in [0.4, 0.5) is 0 Å². The zero-order valence-corrected chi connectivity index (χ0v) is 20.3. The topological polar surface area (TPSA) is 83.5 Å². The highest BCUT2D eigenvalue weighted by Gasteiger charge is 2.19. The van der Waals surface area contributed by atoms with Crippen LogP contribution >= 0.6 is 0 Å². The lowest BCUT2D eigenvalue weighted by Crippen LogP contribution is -2.22. The highest BCUT2D eigenvalue weighted by atomic mass is 16.2. The first kappa shape index (κ1) is 25.5. The summed E-state index contributed by atoms with van der Waals surface area (Å²) >= 11 is 0. The molecule has 0 aliphatic heterocycles. The van der Waals surface area contributed by atoms with Crippen molar-refractivity contribution in [2.45, 2.75) is 85.5 Å². The summed E-state index contributed by atoms with van der Waals surface area (Å²) in [4.78, 5) is 32.4. The SMILES string of the molecule is CC.CC.Cn1c(C#CC2CCC(C#CC3CCCCC3)CC2)nc2c(=O)[nH]c(=O)[nH]c21. The summed E-state index contributed by atoms with van der Waals surface area (Å²) in [7, 11) is 1.76. The van der Waals surface area contributed by atoms with E-state index in [4.69, 9.17) is 0 Å². The molecule has 2 aliphatic carbocycles. The second-order valence-corrected chi connectivity index (χ2v) is 8.04. The minimum absolute atomic E-state index is 0.216. The molecule has 0 radical (unpaired) electrons. The summed E-state index contributed by atoms with van der Waals surface area (Å²) < 4.78 is 1.67. The van der Waals surface area contributed by atoms with Crippen molar-refractivity contribution >= 4 is 11.2 Å². The Bertz CT molecular complexity index is 1090. The lowest BCUT2D eigenvalue weighted by molar-refractivity contribution is 0.371. The molecular weight excluding hydrogens is 400 g/mol. The van der Waals surface area contributed by atoms with Gasteiger partial charge in [0.15, 0.2) is 11.3 Å². The van der Waals surface area contributed by atoms with Crippen LogP contribution in [0, 0.1) is 41.4 Å². The van der Waals surface area contributed by atoms with Gasteiger partial charge in [0.05, 0.1) is 0 Å². The minimum atomic E-state index is -0.535. The largest absolute Gasteiger partial charge is 0.327 e. The molecule has 2 heterocycles. The number of aromatic amines is 2. The fraction of sp³-hybridized carbons (Fsp3) is 0.654.